The molecule has 0 aliphatic carbocycles. The number of nitrogens with one attached hydrogen (secondary N) is 1. The lowest BCUT2D eigenvalue weighted by atomic mass is 10.2. The van der Waals surface area contributed by atoms with Gasteiger partial charge in [0, 0.05) is 11.3 Å². The van der Waals surface area contributed by atoms with Crippen LogP contribution in [0.4, 0.5) is 5.69 Å². The maximum absolute atomic E-state index is 12.4. The van der Waals surface area contributed by atoms with Crippen LogP contribution in [0.3, 0.4) is 0 Å². The molecule has 1 heterocycles. The van der Waals surface area contributed by atoms with Crippen LogP contribution in [0.25, 0.3) is 11.4 Å². The quantitative estimate of drug-likeness (QED) is 0.749. The van der Waals surface area contributed by atoms with Crippen molar-refractivity contribution in [3.8, 4) is 11.4 Å². The van der Waals surface area contributed by atoms with Crippen molar-refractivity contribution in [3.63, 3.8) is 0 Å². The third kappa shape index (κ3) is 3.47. The Balaban J connectivity index is 1.73. The maximum Gasteiger partial charge on any atom is 0.250 e. The number of hydrogen-bond acceptors (Lipinski definition) is 5. The highest BCUT2D eigenvalue weighted by atomic mass is 16.3. The SMILES string of the molecule is CC(C(=O)Nc1cccc(CO)c1)n1nnc(-c2ccccc2)n1. The molecule has 0 bridgehead atoms. The topological polar surface area (TPSA) is 92.9 Å². The van der Waals surface area contributed by atoms with Crippen LogP contribution in [0.5, 0.6) is 0 Å². The third-order valence-corrected chi connectivity index (χ3v) is 3.56. The summed E-state index contributed by atoms with van der Waals surface area (Å²) in [6, 6.07) is 15.9. The van der Waals surface area contributed by atoms with E-state index in [1.807, 2.05) is 30.3 Å². The summed E-state index contributed by atoms with van der Waals surface area (Å²) in [7, 11) is 0. The predicted molar refractivity (Wildman–Crippen MR) is 89.0 cm³/mol. The Morgan fingerprint density at radius 3 is 2.75 bits per heavy atom. The molecule has 122 valence electrons. The Hall–Kier alpha value is -3.06. The van der Waals surface area contributed by atoms with Crippen LogP contribution in [0.15, 0.2) is 54.6 Å². The monoisotopic (exact) mass is 323 g/mol. The molecule has 3 rings (SSSR count). The van der Waals surface area contributed by atoms with Gasteiger partial charge in [-0.3, -0.25) is 4.79 Å². The first-order valence-electron chi connectivity index (χ1n) is 7.53. The number of carbonyl (C=O) groups excluding carboxylic acids is 1. The van der Waals surface area contributed by atoms with Gasteiger partial charge in [0.15, 0.2) is 0 Å². The van der Waals surface area contributed by atoms with Crippen molar-refractivity contribution in [2.24, 2.45) is 0 Å². The van der Waals surface area contributed by atoms with Crippen LogP contribution in [0, 0.1) is 0 Å². The molecule has 1 amide bonds. The molecular weight excluding hydrogens is 306 g/mol. The summed E-state index contributed by atoms with van der Waals surface area (Å²) >= 11 is 0. The Bertz CT molecular complexity index is 832. The molecule has 2 N–H and O–H groups in total. The van der Waals surface area contributed by atoms with Gasteiger partial charge in [0.25, 0.3) is 5.91 Å². The lowest BCUT2D eigenvalue weighted by Gasteiger charge is -2.11. The number of hydrogen-bond donors (Lipinski definition) is 2. The van der Waals surface area contributed by atoms with E-state index in [9.17, 15) is 4.79 Å². The molecule has 2 aromatic carbocycles. The molecule has 0 aliphatic heterocycles. The van der Waals surface area contributed by atoms with Gasteiger partial charge in [-0.25, -0.2) is 0 Å². The largest absolute Gasteiger partial charge is 0.392 e. The van der Waals surface area contributed by atoms with Gasteiger partial charge >= 0.3 is 0 Å². The Morgan fingerprint density at radius 1 is 1.21 bits per heavy atom. The zero-order chi connectivity index (χ0) is 16.9. The second-order valence-electron chi connectivity index (χ2n) is 5.32. The lowest BCUT2D eigenvalue weighted by molar-refractivity contribution is -0.119. The summed E-state index contributed by atoms with van der Waals surface area (Å²) in [6.45, 7) is 1.62. The smallest absolute Gasteiger partial charge is 0.250 e. The van der Waals surface area contributed by atoms with Crippen molar-refractivity contribution in [2.75, 3.05) is 5.32 Å². The molecule has 7 heteroatoms. The highest BCUT2D eigenvalue weighted by Gasteiger charge is 2.19. The van der Waals surface area contributed by atoms with E-state index in [-0.39, 0.29) is 12.5 Å². The fraction of sp³-hybridized carbons (Fsp3) is 0.176. The van der Waals surface area contributed by atoms with Crippen LogP contribution >= 0.6 is 0 Å². The fourth-order valence-corrected chi connectivity index (χ4v) is 2.19. The van der Waals surface area contributed by atoms with Crippen LogP contribution in [0.1, 0.15) is 18.5 Å². The van der Waals surface area contributed by atoms with Crippen molar-refractivity contribution < 1.29 is 9.90 Å². The minimum atomic E-state index is -0.618. The molecule has 1 atom stereocenters. The summed E-state index contributed by atoms with van der Waals surface area (Å²) in [6.07, 6.45) is 0. The first-order valence-corrected chi connectivity index (χ1v) is 7.53. The van der Waals surface area contributed by atoms with Crippen LogP contribution in [-0.4, -0.2) is 31.2 Å². The molecule has 1 aromatic heterocycles. The number of nitrogens with zero attached hydrogens (tertiary/aromatic N) is 4. The summed E-state index contributed by atoms with van der Waals surface area (Å²) in [4.78, 5) is 13.6. The first kappa shape index (κ1) is 15.8. The molecular formula is C17H17N5O2. The molecule has 0 aliphatic rings. The average molecular weight is 323 g/mol. The number of aliphatic hydroxyl groups excluding tert-OH is 1. The van der Waals surface area contributed by atoms with Gasteiger partial charge in [-0.05, 0) is 29.8 Å². The first-order chi connectivity index (χ1) is 11.7. The van der Waals surface area contributed by atoms with Crippen molar-refractivity contribution in [1.29, 1.82) is 0 Å². The standard InChI is InChI=1S/C17H17N5O2/c1-12(17(24)18-15-9-5-6-13(10-15)11-23)22-20-16(19-21-22)14-7-3-2-4-8-14/h2-10,12,23H,11H2,1H3,(H,18,24). The molecule has 7 nitrogen and oxygen atoms in total. The summed E-state index contributed by atoms with van der Waals surface area (Å²) < 4.78 is 0. The number of tetrazole rings is 1. The minimum Gasteiger partial charge on any atom is -0.392 e. The number of aromatic nitrogens is 4. The second-order valence-corrected chi connectivity index (χ2v) is 5.32. The van der Waals surface area contributed by atoms with Crippen molar-refractivity contribution in [3.05, 3.63) is 60.2 Å². The van der Waals surface area contributed by atoms with E-state index >= 15 is 0 Å². The highest BCUT2D eigenvalue weighted by Crippen LogP contribution is 2.15. The van der Waals surface area contributed by atoms with Crippen molar-refractivity contribution in [1.82, 2.24) is 20.2 Å². The van der Waals surface area contributed by atoms with Crippen LogP contribution in [-0.2, 0) is 11.4 Å². The van der Waals surface area contributed by atoms with Gasteiger partial charge < -0.3 is 10.4 Å². The van der Waals surface area contributed by atoms with E-state index in [0.717, 1.165) is 11.1 Å². The van der Waals surface area contributed by atoms with E-state index < -0.39 is 6.04 Å². The van der Waals surface area contributed by atoms with Gasteiger partial charge in [-0.15, -0.1) is 10.2 Å². The number of amides is 1. The van der Waals surface area contributed by atoms with E-state index in [1.165, 1.54) is 4.80 Å². The number of benzene rings is 2. The Kier molecular flexibility index (Phi) is 4.62. The Morgan fingerprint density at radius 2 is 2.00 bits per heavy atom. The van der Waals surface area contributed by atoms with Crippen molar-refractivity contribution in [2.45, 2.75) is 19.6 Å². The molecule has 0 spiro atoms. The van der Waals surface area contributed by atoms with E-state index in [1.54, 1.807) is 31.2 Å². The van der Waals surface area contributed by atoms with E-state index in [2.05, 4.69) is 20.7 Å². The fourth-order valence-electron chi connectivity index (χ4n) is 2.19. The zero-order valence-electron chi connectivity index (χ0n) is 13.1. The molecule has 0 fully saturated rings. The molecule has 0 saturated carbocycles. The van der Waals surface area contributed by atoms with Crippen LogP contribution < -0.4 is 5.32 Å². The zero-order valence-corrected chi connectivity index (χ0v) is 13.1. The third-order valence-electron chi connectivity index (χ3n) is 3.56. The van der Waals surface area contributed by atoms with Gasteiger partial charge in [0.2, 0.25) is 5.82 Å². The van der Waals surface area contributed by atoms with Gasteiger partial charge in [-0.1, -0.05) is 42.5 Å². The van der Waals surface area contributed by atoms with Gasteiger partial charge in [0.1, 0.15) is 6.04 Å². The maximum atomic E-state index is 12.4. The highest BCUT2D eigenvalue weighted by molar-refractivity contribution is 5.93. The lowest BCUT2D eigenvalue weighted by Crippen LogP contribution is -2.25. The number of aliphatic hydroxyl groups is 1. The predicted octanol–water partition coefficient (Wildman–Crippen LogP) is 2.03. The number of rotatable bonds is 5. The molecule has 3 aromatic rings. The number of carbonyl (C=O) groups is 1. The minimum absolute atomic E-state index is 0.0790. The summed E-state index contributed by atoms with van der Waals surface area (Å²) in [5.41, 5.74) is 2.18. The van der Waals surface area contributed by atoms with E-state index in [0.29, 0.717) is 11.5 Å². The summed E-state index contributed by atoms with van der Waals surface area (Å²) in [5, 5.41) is 24.2. The van der Waals surface area contributed by atoms with E-state index in [4.69, 9.17) is 5.11 Å². The van der Waals surface area contributed by atoms with Crippen molar-refractivity contribution >= 4 is 11.6 Å². The Labute approximate surface area is 138 Å². The molecule has 0 saturated heterocycles. The van der Waals surface area contributed by atoms with Gasteiger partial charge in [-0.2, -0.15) is 4.80 Å². The normalized spacial score (nSPS) is 11.9. The second kappa shape index (κ2) is 7.01. The summed E-state index contributed by atoms with van der Waals surface area (Å²) in [5.74, 6) is 0.208. The number of anilines is 1. The van der Waals surface area contributed by atoms with Gasteiger partial charge in [0.05, 0.1) is 6.61 Å². The van der Waals surface area contributed by atoms with Crippen LogP contribution in [0.2, 0.25) is 0 Å². The average Bonchev–Trinajstić information content (AvgIpc) is 3.12. The molecule has 1 unspecified atom stereocenters. The molecule has 0 radical (unpaired) electrons. The molecule has 24 heavy (non-hydrogen) atoms.